The van der Waals surface area contributed by atoms with Crippen LogP contribution in [0.1, 0.15) is 97.8 Å². The van der Waals surface area contributed by atoms with Gasteiger partial charge in [-0.25, -0.2) is 4.79 Å². The maximum atomic E-state index is 12.7. The van der Waals surface area contributed by atoms with Gasteiger partial charge >= 0.3 is 11.9 Å². The van der Waals surface area contributed by atoms with Gasteiger partial charge in [0.05, 0.1) is 23.5 Å². The van der Waals surface area contributed by atoms with Gasteiger partial charge in [0.15, 0.2) is 5.41 Å². The Morgan fingerprint density at radius 1 is 0.971 bits per heavy atom. The van der Waals surface area contributed by atoms with E-state index in [1.807, 2.05) is 6.07 Å². The zero-order chi connectivity index (χ0) is 25.0. The van der Waals surface area contributed by atoms with Crippen LogP contribution >= 0.6 is 0 Å². The predicted octanol–water partition coefficient (Wildman–Crippen LogP) is 6.89. The summed E-state index contributed by atoms with van der Waals surface area (Å²) in [4.78, 5) is 24.9. The van der Waals surface area contributed by atoms with Crippen LogP contribution < -0.4 is 9.47 Å². The van der Waals surface area contributed by atoms with Crippen molar-refractivity contribution in [2.45, 2.75) is 97.8 Å². The second-order valence-corrected chi connectivity index (χ2v) is 9.76. The summed E-state index contributed by atoms with van der Waals surface area (Å²) in [6, 6.07) is 10.8. The second kappa shape index (κ2) is 13.1. The molecule has 0 aromatic heterocycles. The molecular weight excluding hydrogens is 428 g/mol. The second-order valence-electron chi connectivity index (χ2n) is 9.76. The van der Waals surface area contributed by atoms with Crippen LogP contribution in [-0.2, 0) is 9.59 Å². The molecule has 184 valence electrons. The van der Waals surface area contributed by atoms with Gasteiger partial charge in [0.1, 0.15) is 11.5 Å². The van der Waals surface area contributed by atoms with E-state index in [9.17, 15) is 20.1 Å². The summed E-state index contributed by atoms with van der Waals surface area (Å²) in [5, 5.41) is 19.0. The lowest BCUT2D eigenvalue weighted by molar-refractivity contribution is -0.142. The van der Waals surface area contributed by atoms with Crippen molar-refractivity contribution in [2.75, 3.05) is 0 Å². The molecule has 6 heteroatoms. The summed E-state index contributed by atoms with van der Waals surface area (Å²) < 4.78 is 10.8. The summed E-state index contributed by atoms with van der Waals surface area (Å²) >= 11 is 0. The topological polar surface area (TPSA) is 100 Å². The van der Waals surface area contributed by atoms with E-state index in [0.29, 0.717) is 30.8 Å². The number of hydrogen-bond donors (Lipinski definition) is 0. The number of esters is 2. The average molecular weight is 467 g/mol. The Labute approximate surface area is 204 Å². The molecule has 1 atom stereocenters. The third-order valence-corrected chi connectivity index (χ3v) is 7.18. The number of ether oxygens (including phenoxy) is 2. The number of benzene rings is 1. The van der Waals surface area contributed by atoms with Crippen molar-refractivity contribution in [3.63, 3.8) is 0 Å². The number of carbonyl (C=O) groups is 2. The molecule has 1 aliphatic rings. The van der Waals surface area contributed by atoms with Gasteiger partial charge in [0.25, 0.3) is 0 Å². The van der Waals surface area contributed by atoms with Gasteiger partial charge in [-0.05, 0) is 69.7 Å². The van der Waals surface area contributed by atoms with E-state index in [1.54, 1.807) is 38.1 Å². The standard InChI is InChI=1S/C28H38N2O4/c1-4-6-7-8-9-10-17-28(21-30)18-15-22(16-19-28)25(31)33-23-11-13-24(14-12-23)34-26(32)27(3,5-2)20-29/h11-14,22H,4-10,15-19H2,1-3H3. The highest BCUT2D eigenvalue weighted by Gasteiger charge is 2.38. The predicted molar refractivity (Wildman–Crippen MR) is 130 cm³/mol. The molecule has 0 amide bonds. The first-order valence-electron chi connectivity index (χ1n) is 12.7. The van der Waals surface area contributed by atoms with E-state index in [2.05, 4.69) is 13.0 Å². The van der Waals surface area contributed by atoms with Crippen molar-refractivity contribution in [3.05, 3.63) is 24.3 Å². The number of hydrogen-bond acceptors (Lipinski definition) is 6. The minimum Gasteiger partial charge on any atom is -0.426 e. The van der Waals surface area contributed by atoms with E-state index in [4.69, 9.17) is 9.47 Å². The van der Waals surface area contributed by atoms with Crippen molar-refractivity contribution in [3.8, 4) is 23.6 Å². The molecule has 1 unspecified atom stereocenters. The molecule has 1 saturated carbocycles. The summed E-state index contributed by atoms with van der Waals surface area (Å²) in [6.07, 6.45) is 11.4. The Bertz CT molecular complexity index is 888. The van der Waals surface area contributed by atoms with Crippen molar-refractivity contribution >= 4 is 11.9 Å². The van der Waals surface area contributed by atoms with Crippen LogP contribution in [0.15, 0.2) is 24.3 Å². The van der Waals surface area contributed by atoms with E-state index >= 15 is 0 Å². The maximum absolute atomic E-state index is 12.7. The quantitative estimate of drug-likeness (QED) is 0.189. The third kappa shape index (κ3) is 7.59. The number of unbranched alkanes of at least 4 members (excludes halogenated alkanes) is 5. The van der Waals surface area contributed by atoms with Crippen LogP contribution in [0.3, 0.4) is 0 Å². The molecule has 34 heavy (non-hydrogen) atoms. The molecule has 0 aliphatic heterocycles. The molecule has 0 spiro atoms. The maximum Gasteiger partial charge on any atom is 0.331 e. The summed E-state index contributed by atoms with van der Waals surface area (Å²) in [5.74, 6) is -0.409. The fourth-order valence-corrected chi connectivity index (χ4v) is 4.33. The van der Waals surface area contributed by atoms with E-state index in [-0.39, 0.29) is 17.3 Å². The van der Waals surface area contributed by atoms with Gasteiger partial charge in [-0.15, -0.1) is 0 Å². The normalized spacial score (nSPS) is 21.5. The molecular formula is C28H38N2O4. The highest BCUT2D eigenvalue weighted by atomic mass is 16.5. The number of carbonyl (C=O) groups excluding carboxylic acids is 2. The lowest BCUT2D eigenvalue weighted by Gasteiger charge is -2.34. The smallest absolute Gasteiger partial charge is 0.331 e. The summed E-state index contributed by atoms with van der Waals surface area (Å²) in [7, 11) is 0. The number of rotatable bonds is 12. The zero-order valence-electron chi connectivity index (χ0n) is 20.9. The molecule has 1 aromatic carbocycles. The van der Waals surface area contributed by atoms with E-state index < -0.39 is 11.4 Å². The Balaban J connectivity index is 1.82. The lowest BCUT2D eigenvalue weighted by atomic mass is 9.69. The van der Waals surface area contributed by atoms with Gasteiger partial charge < -0.3 is 9.47 Å². The van der Waals surface area contributed by atoms with Crippen LogP contribution in [0.25, 0.3) is 0 Å². The first kappa shape index (κ1) is 27.4. The molecule has 1 fully saturated rings. The molecule has 0 bridgehead atoms. The lowest BCUT2D eigenvalue weighted by Crippen LogP contribution is -2.31. The Hall–Kier alpha value is -2.86. The van der Waals surface area contributed by atoms with Crippen molar-refractivity contribution in [2.24, 2.45) is 16.7 Å². The van der Waals surface area contributed by atoms with Gasteiger partial charge in [-0.3, -0.25) is 4.79 Å². The largest absolute Gasteiger partial charge is 0.426 e. The molecule has 0 N–H and O–H groups in total. The molecule has 6 nitrogen and oxygen atoms in total. The van der Waals surface area contributed by atoms with E-state index in [1.165, 1.54) is 32.1 Å². The highest BCUT2D eigenvalue weighted by Crippen LogP contribution is 2.43. The zero-order valence-corrected chi connectivity index (χ0v) is 20.9. The van der Waals surface area contributed by atoms with Crippen molar-refractivity contribution in [1.82, 2.24) is 0 Å². The van der Waals surface area contributed by atoms with Crippen LogP contribution in [0, 0.1) is 39.4 Å². The Morgan fingerprint density at radius 2 is 1.53 bits per heavy atom. The minimum absolute atomic E-state index is 0.204. The fourth-order valence-electron chi connectivity index (χ4n) is 4.33. The Morgan fingerprint density at radius 3 is 2.06 bits per heavy atom. The average Bonchev–Trinajstić information content (AvgIpc) is 2.87. The molecule has 1 aliphatic carbocycles. The summed E-state index contributed by atoms with van der Waals surface area (Å²) in [6.45, 7) is 5.51. The van der Waals surface area contributed by atoms with Gasteiger partial charge in [-0.1, -0.05) is 52.4 Å². The molecule has 2 rings (SSSR count). The minimum atomic E-state index is -1.19. The number of nitrogens with zero attached hydrogens (tertiary/aromatic N) is 2. The van der Waals surface area contributed by atoms with Crippen molar-refractivity contribution in [1.29, 1.82) is 10.5 Å². The SMILES string of the molecule is CCCCCCCCC1(C#N)CCC(C(=O)Oc2ccc(OC(=O)C(C)(C#N)CC)cc2)CC1. The molecule has 1 aromatic rings. The van der Waals surface area contributed by atoms with Crippen molar-refractivity contribution < 1.29 is 19.1 Å². The third-order valence-electron chi connectivity index (χ3n) is 7.18. The highest BCUT2D eigenvalue weighted by molar-refractivity contribution is 5.81. The van der Waals surface area contributed by atoms with Crippen LogP contribution in [0.2, 0.25) is 0 Å². The summed E-state index contributed by atoms with van der Waals surface area (Å²) in [5.41, 5.74) is -1.50. The van der Waals surface area contributed by atoms with Gasteiger partial charge in [-0.2, -0.15) is 10.5 Å². The fraction of sp³-hybridized carbons (Fsp3) is 0.643. The Kier molecular flexibility index (Phi) is 10.6. The van der Waals surface area contributed by atoms with Gasteiger partial charge in [0, 0.05) is 0 Å². The van der Waals surface area contributed by atoms with Crippen LogP contribution in [0.5, 0.6) is 11.5 Å². The van der Waals surface area contributed by atoms with Gasteiger partial charge in [0.2, 0.25) is 0 Å². The van der Waals surface area contributed by atoms with Crippen LogP contribution in [0.4, 0.5) is 0 Å². The van der Waals surface area contributed by atoms with Crippen LogP contribution in [-0.4, -0.2) is 11.9 Å². The molecule has 0 heterocycles. The number of nitriles is 2. The molecule has 0 saturated heterocycles. The van der Waals surface area contributed by atoms with E-state index in [0.717, 1.165) is 25.7 Å². The first-order chi connectivity index (χ1) is 16.3. The first-order valence-corrected chi connectivity index (χ1v) is 12.7. The monoisotopic (exact) mass is 466 g/mol. The molecule has 0 radical (unpaired) electrons.